The molecule has 0 aromatic heterocycles. The molecule has 0 radical (unpaired) electrons. The first kappa shape index (κ1) is 15.7. The molecule has 1 aromatic carbocycles. The van der Waals surface area contributed by atoms with Gasteiger partial charge in [0.1, 0.15) is 5.02 Å². The second kappa shape index (κ2) is 5.58. The highest BCUT2D eigenvalue weighted by Gasteiger charge is 2.37. The number of hydrogen-bond donors (Lipinski definition) is 1. The summed E-state index contributed by atoms with van der Waals surface area (Å²) in [6, 6.07) is 3.92. The van der Waals surface area contributed by atoms with Gasteiger partial charge in [0.2, 0.25) is 15.9 Å². The lowest BCUT2D eigenvalue weighted by Crippen LogP contribution is -2.53. The van der Waals surface area contributed by atoms with Crippen molar-refractivity contribution in [1.29, 1.82) is 0 Å². The largest absolute Gasteiger partial charge is 0.326 e. The lowest BCUT2D eigenvalue weighted by molar-refractivity contribution is -0.384. The molecule has 0 spiro atoms. The van der Waals surface area contributed by atoms with Crippen molar-refractivity contribution in [3.8, 4) is 0 Å². The number of carbonyl (C=O) groups excluding carboxylic acids is 1. The maximum atomic E-state index is 11.9. The third kappa shape index (κ3) is 3.49. The highest BCUT2D eigenvalue weighted by atomic mass is 35.5. The third-order valence-corrected chi connectivity index (χ3v) is 4.65. The van der Waals surface area contributed by atoms with Crippen LogP contribution in [0.25, 0.3) is 0 Å². The van der Waals surface area contributed by atoms with Crippen molar-refractivity contribution in [3.63, 3.8) is 0 Å². The first-order valence-electron chi connectivity index (χ1n) is 5.88. The molecule has 8 nitrogen and oxygen atoms in total. The molecule has 1 fully saturated rings. The number of nitro groups is 1. The van der Waals surface area contributed by atoms with Crippen LogP contribution in [0.15, 0.2) is 18.2 Å². The van der Waals surface area contributed by atoms with E-state index in [4.69, 9.17) is 11.6 Å². The minimum atomic E-state index is -3.28. The maximum absolute atomic E-state index is 11.9. The number of nitrogens with one attached hydrogen (secondary N) is 1. The van der Waals surface area contributed by atoms with E-state index in [1.165, 1.54) is 16.4 Å². The van der Waals surface area contributed by atoms with E-state index >= 15 is 0 Å². The van der Waals surface area contributed by atoms with Gasteiger partial charge in [-0.25, -0.2) is 12.7 Å². The molecule has 0 bridgehead atoms. The molecule has 21 heavy (non-hydrogen) atoms. The van der Waals surface area contributed by atoms with Crippen molar-refractivity contribution in [2.24, 2.45) is 5.92 Å². The zero-order valence-corrected chi connectivity index (χ0v) is 12.5. The number of rotatable bonds is 4. The highest BCUT2D eigenvalue weighted by molar-refractivity contribution is 7.88. The van der Waals surface area contributed by atoms with E-state index in [1.54, 1.807) is 0 Å². The summed E-state index contributed by atoms with van der Waals surface area (Å²) < 4.78 is 23.6. The maximum Gasteiger partial charge on any atom is 0.289 e. The Morgan fingerprint density at radius 3 is 2.62 bits per heavy atom. The van der Waals surface area contributed by atoms with Gasteiger partial charge < -0.3 is 5.32 Å². The van der Waals surface area contributed by atoms with Crippen LogP contribution in [0.4, 0.5) is 11.4 Å². The standard InChI is InChI=1S/C11H12ClN3O5S/c1-21(19,20)14-5-7(6-14)11(16)13-8-2-3-9(12)10(4-8)15(17)18/h2-4,7H,5-6H2,1H3,(H,13,16). The predicted molar refractivity (Wildman–Crippen MR) is 76.6 cm³/mol. The van der Waals surface area contributed by atoms with Gasteiger partial charge in [-0.05, 0) is 12.1 Å². The molecule has 1 aromatic rings. The summed E-state index contributed by atoms with van der Waals surface area (Å²) in [5.74, 6) is -0.846. The Balaban J connectivity index is 2.02. The molecular weight excluding hydrogens is 322 g/mol. The summed E-state index contributed by atoms with van der Waals surface area (Å²) in [6.07, 6.45) is 1.07. The number of hydrogen-bond acceptors (Lipinski definition) is 5. The first-order valence-corrected chi connectivity index (χ1v) is 8.11. The van der Waals surface area contributed by atoms with E-state index in [0.29, 0.717) is 0 Å². The van der Waals surface area contributed by atoms with Crippen molar-refractivity contribution in [2.45, 2.75) is 0 Å². The zero-order valence-electron chi connectivity index (χ0n) is 10.9. The lowest BCUT2D eigenvalue weighted by atomic mass is 10.0. The smallest absolute Gasteiger partial charge is 0.289 e. The number of nitro benzene ring substituents is 1. The Labute approximate surface area is 125 Å². The van der Waals surface area contributed by atoms with Crippen molar-refractivity contribution in [1.82, 2.24) is 4.31 Å². The number of benzene rings is 1. The summed E-state index contributed by atoms with van der Waals surface area (Å²) >= 11 is 5.67. The van der Waals surface area contributed by atoms with Crippen molar-refractivity contribution in [2.75, 3.05) is 24.7 Å². The Hall–Kier alpha value is -1.71. The van der Waals surface area contributed by atoms with Gasteiger partial charge in [-0.15, -0.1) is 0 Å². The number of nitrogens with zero attached hydrogens (tertiary/aromatic N) is 2. The first-order chi connectivity index (χ1) is 9.68. The lowest BCUT2D eigenvalue weighted by Gasteiger charge is -2.35. The van der Waals surface area contributed by atoms with Crippen LogP contribution < -0.4 is 5.32 Å². The molecule has 114 valence electrons. The van der Waals surface area contributed by atoms with E-state index in [0.717, 1.165) is 12.3 Å². The number of anilines is 1. The third-order valence-electron chi connectivity index (χ3n) is 3.10. The van der Waals surface area contributed by atoms with Crippen LogP contribution in [0.1, 0.15) is 0 Å². The van der Waals surface area contributed by atoms with Crippen LogP contribution >= 0.6 is 11.6 Å². The van der Waals surface area contributed by atoms with Crippen LogP contribution in [-0.4, -0.2) is 42.9 Å². The summed E-state index contributed by atoms with van der Waals surface area (Å²) in [7, 11) is -3.28. The molecule has 0 saturated carbocycles. The molecular formula is C11H12ClN3O5S. The van der Waals surface area contributed by atoms with E-state index < -0.39 is 20.9 Å². The van der Waals surface area contributed by atoms with Gasteiger partial charge in [0.25, 0.3) is 5.69 Å². The number of amides is 1. The second-order valence-electron chi connectivity index (χ2n) is 4.69. The van der Waals surface area contributed by atoms with Crippen LogP contribution in [0.5, 0.6) is 0 Å². The van der Waals surface area contributed by atoms with Gasteiger partial charge in [-0.3, -0.25) is 14.9 Å². The predicted octanol–water partition coefficient (Wildman–Crippen LogP) is 1.08. The fourth-order valence-corrected chi connectivity index (χ4v) is 2.94. The van der Waals surface area contributed by atoms with Crippen molar-refractivity contribution >= 4 is 38.9 Å². The van der Waals surface area contributed by atoms with Crippen LogP contribution in [0.2, 0.25) is 5.02 Å². The highest BCUT2D eigenvalue weighted by Crippen LogP contribution is 2.28. The van der Waals surface area contributed by atoms with Gasteiger partial charge in [-0.1, -0.05) is 11.6 Å². The average Bonchev–Trinajstić information content (AvgIpc) is 2.27. The second-order valence-corrected chi connectivity index (χ2v) is 7.08. The molecule has 0 unspecified atom stereocenters. The fraction of sp³-hybridized carbons (Fsp3) is 0.364. The van der Waals surface area contributed by atoms with E-state index in [1.807, 2.05) is 0 Å². The molecule has 1 aliphatic heterocycles. The van der Waals surface area contributed by atoms with Crippen LogP contribution in [0, 0.1) is 16.0 Å². The Morgan fingerprint density at radius 1 is 1.48 bits per heavy atom. The summed E-state index contributed by atoms with van der Waals surface area (Å²) in [5.41, 5.74) is -0.0604. The van der Waals surface area contributed by atoms with Gasteiger partial charge in [0.15, 0.2) is 0 Å². The molecule has 1 amide bonds. The molecule has 0 aliphatic carbocycles. The number of halogens is 1. The van der Waals surface area contributed by atoms with E-state index in [-0.39, 0.29) is 35.4 Å². The summed E-state index contributed by atoms with van der Waals surface area (Å²) in [6.45, 7) is 0.223. The minimum Gasteiger partial charge on any atom is -0.326 e. The zero-order chi connectivity index (χ0) is 15.8. The number of sulfonamides is 1. The molecule has 1 aliphatic rings. The van der Waals surface area contributed by atoms with Crippen molar-refractivity contribution < 1.29 is 18.1 Å². The molecule has 1 saturated heterocycles. The molecule has 1 heterocycles. The fourth-order valence-electron chi connectivity index (χ4n) is 1.85. The van der Waals surface area contributed by atoms with Crippen LogP contribution in [-0.2, 0) is 14.8 Å². The monoisotopic (exact) mass is 333 g/mol. The van der Waals surface area contributed by atoms with Crippen molar-refractivity contribution in [3.05, 3.63) is 33.3 Å². The quantitative estimate of drug-likeness (QED) is 0.655. The summed E-state index contributed by atoms with van der Waals surface area (Å²) in [4.78, 5) is 22.0. The minimum absolute atomic E-state index is 0.0232. The normalized spacial score (nSPS) is 16.3. The van der Waals surface area contributed by atoms with Gasteiger partial charge >= 0.3 is 0 Å². The average molecular weight is 334 g/mol. The van der Waals surface area contributed by atoms with E-state index in [9.17, 15) is 23.3 Å². The van der Waals surface area contributed by atoms with E-state index in [2.05, 4.69) is 5.32 Å². The number of carbonyl (C=O) groups is 1. The molecule has 1 N–H and O–H groups in total. The molecule has 10 heteroatoms. The molecule has 2 rings (SSSR count). The Morgan fingerprint density at radius 2 is 2.10 bits per heavy atom. The van der Waals surface area contributed by atoms with Gasteiger partial charge in [0.05, 0.1) is 17.1 Å². The Kier molecular flexibility index (Phi) is 4.17. The molecule has 0 atom stereocenters. The SMILES string of the molecule is CS(=O)(=O)N1CC(C(=O)Nc2ccc(Cl)c([N+](=O)[O-])c2)C1. The Bertz CT molecular complexity index is 700. The topological polar surface area (TPSA) is 110 Å². The van der Waals surface area contributed by atoms with Gasteiger partial charge in [0, 0.05) is 24.8 Å². The van der Waals surface area contributed by atoms with Crippen LogP contribution in [0.3, 0.4) is 0 Å². The summed E-state index contributed by atoms with van der Waals surface area (Å²) in [5, 5.41) is 13.2. The van der Waals surface area contributed by atoms with Gasteiger partial charge in [-0.2, -0.15) is 0 Å².